The standard InChI is InChI=1S/C18H23N3O2S.ClH/c1-20(2)24(22,23)15-10-8-14(9-11-15)13-21-12-4-5-16-17(19)6-3-7-18(16)21;/h3,6-11H,4-5,12-13,19H2,1-2H3;1H. The Morgan fingerprint density at radius 2 is 1.80 bits per heavy atom. The van der Waals surface area contributed by atoms with Gasteiger partial charge in [0.1, 0.15) is 0 Å². The minimum Gasteiger partial charge on any atom is -0.398 e. The van der Waals surface area contributed by atoms with Gasteiger partial charge in [-0.25, -0.2) is 12.7 Å². The van der Waals surface area contributed by atoms with Crippen molar-refractivity contribution in [1.82, 2.24) is 4.31 Å². The Bertz CT molecular complexity index is 836. The lowest BCUT2D eigenvalue weighted by molar-refractivity contribution is 0.520. The van der Waals surface area contributed by atoms with Crippen molar-refractivity contribution >= 4 is 33.8 Å². The fourth-order valence-electron chi connectivity index (χ4n) is 3.09. The first kappa shape index (κ1) is 19.6. The van der Waals surface area contributed by atoms with Crippen molar-refractivity contribution in [2.45, 2.75) is 24.3 Å². The Labute approximate surface area is 155 Å². The average Bonchev–Trinajstić information content (AvgIpc) is 2.56. The zero-order valence-corrected chi connectivity index (χ0v) is 16.1. The number of halogens is 1. The molecule has 1 heterocycles. The first-order valence-electron chi connectivity index (χ1n) is 8.03. The van der Waals surface area contributed by atoms with Gasteiger partial charge in [0, 0.05) is 38.6 Å². The maximum Gasteiger partial charge on any atom is 0.242 e. The van der Waals surface area contributed by atoms with Crippen LogP contribution in [-0.2, 0) is 23.0 Å². The topological polar surface area (TPSA) is 66.6 Å². The normalized spacial score (nSPS) is 14.1. The quantitative estimate of drug-likeness (QED) is 0.827. The molecule has 136 valence electrons. The van der Waals surface area contributed by atoms with E-state index in [-0.39, 0.29) is 12.4 Å². The molecule has 0 amide bonds. The summed E-state index contributed by atoms with van der Waals surface area (Å²) < 4.78 is 25.5. The van der Waals surface area contributed by atoms with E-state index in [1.807, 2.05) is 24.3 Å². The lowest BCUT2D eigenvalue weighted by Crippen LogP contribution is -2.29. The van der Waals surface area contributed by atoms with E-state index in [2.05, 4.69) is 11.0 Å². The van der Waals surface area contributed by atoms with E-state index in [1.54, 1.807) is 12.1 Å². The number of nitrogen functional groups attached to an aromatic ring is 1. The molecule has 0 bridgehead atoms. The molecule has 25 heavy (non-hydrogen) atoms. The van der Waals surface area contributed by atoms with Crippen LogP contribution in [0, 0.1) is 0 Å². The highest BCUT2D eigenvalue weighted by molar-refractivity contribution is 7.89. The van der Waals surface area contributed by atoms with E-state index in [0.717, 1.165) is 37.2 Å². The minimum absolute atomic E-state index is 0. The Kier molecular flexibility index (Phi) is 5.98. The molecule has 0 spiro atoms. The molecule has 0 atom stereocenters. The van der Waals surface area contributed by atoms with Gasteiger partial charge < -0.3 is 10.6 Å². The van der Waals surface area contributed by atoms with Gasteiger partial charge in [0.2, 0.25) is 10.0 Å². The van der Waals surface area contributed by atoms with E-state index in [0.29, 0.717) is 4.90 Å². The molecule has 0 aliphatic carbocycles. The molecule has 1 aliphatic heterocycles. The van der Waals surface area contributed by atoms with Crippen molar-refractivity contribution < 1.29 is 8.42 Å². The predicted molar refractivity (Wildman–Crippen MR) is 105 cm³/mol. The van der Waals surface area contributed by atoms with Crippen LogP contribution in [0.1, 0.15) is 17.5 Å². The van der Waals surface area contributed by atoms with Gasteiger partial charge in [0.25, 0.3) is 0 Å². The fourth-order valence-corrected chi connectivity index (χ4v) is 3.99. The summed E-state index contributed by atoms with van der Waals surface area (Å²) in [5, 5.41) is 0. The van der Waals surface area contributed by atoms with Crippen molar-refractivity contribution in [3.8, 4) is 0 Å². The van der Waals surface area contributed by atoms with Crippen LogP contribution in [0.15, 0.2) is 47.4 Å². The SMILES string of the molecule is CN(C)S(=O)(=O)c1ccc(CN2CCCc3c(N)cccc32)cc1.Cl. The summed E-state index contributed by atoms with van der Waals surface area (Å²) in [6.45, 7) is 1.73. The Hall–Kier alpha value is -1.76. The summed E-state index contributed by atoms with van der Waals surface area (Å²) in [5.41, 5.74) is 10.4. The summed E-state index contributed by atoms with van der Waals surface area (Å²) in [5.74, 6) is 0. The third-order valence-electron chi connectivity index (χ3n) is 4.46. The van der Waals surface area contributed by atoms with E-state index in [4.69, 9.17) is 5.73 Å². The molecule has 3 rings (SSSR count). The number of hydrogen-bond donors (Lipinski definition) is 1. The number of nitrogens with two attached hydrogens (primary N) is 1. The molecule has 1 aliphatic rings. The smallest absolute Gasteiger partial charge is 0.242 e. The number of rotatable bonds is 4. The maximum absolute atomic E-state index is 12.1. The van der Waals surface area contributed by atoms with Crippen LogP contribution in [0.2, 0.25) is 0 Å². The number of hydrogen-bond acceptors (Lipinski definition) is 4. The van der Waals surface area contributed by atoms with Crippen LogP contribution in [0.5, 0.6) is 0 Å². The molecular weight excluding hydrogens is 358 g/mol. The Morgan fingerprint density at radius 3 is 2.44 bits per heavy atom. The predicted octanol–water partition coefficient (Wildman–Crippen LogP) is 2.89. The van der Waals surface area contributed by atoms with Gasteiger partial charge in [-0.05, 0) is 48.2 Å². The summed E-state index contributed by atoms with van der Waals surface area (Å²) in [6.07, 6.45) is 2.09. The highest BCUT2D eigenvalue weighted by Crippen LogP contribution is 2.32. The van der Waals surface area contributed by atoms with Crippen molar-refractivity contribution in [3.05, 3.63) is 53.6 Å². The first-order chi connectivity index (χ1) is 11.4. The second-order valence-electron chi connectivity index (χ2n) is 6.30. The minimum atomic E-state index is -3.38. The maximum atomic E-state index is 12.1. The highest BCUT2D eigenvalue weighted by Gasteiger charge is 2.20. The zero-order valence-electron chi connectivity index (χ0n) is 14.5. The van der Waals surface area contributed by atoms with Gasteiger partial charge in [-0.1, -0.05) is 18.2 Å². The average molecular weight is 382 g/mol. The number of fused-ring (bicyclic) bond motifs is 1. The molecule has 2 aromatic carbocycles. The molecule has 0 fully saturated rings. The van der Waals surface area contributed by atoms with Gasteiger partial charge in [-0.3, -0.25) is 0 Å². The molecule has 2 aromatic rings. The third-order valence-corrected chi connectivity index (χ3v) is 6.29. The molecule has 0 saturated heterocycles. The lowest BCUT2D eigenvalue weighted by atomic mass is 9.99. The number of anilines is 2. The zero-order chi connectivity index (χ0) is 17.3. The fraction of sp³-hybridized carbons (Fsp3) is 0.333. The van der Waals surface area contributed by atoms with Crippen LogP contribution < -0.4 is 10.6 Å². The first-order valence-corrected chi connectivity index (χ1v) is 9.47. The monoisotopic (exact) mass is 381 g/mol. The molecule has 7 heteroatoms. The van der Waals surface area contributed by atoms with E-state index >= 15 is 0 Å². The molecular formula is C18H24ClN3O2S. The largest absolute Gasteiger partial charge is 0.398 e. The van der Waals surface area contributed by atoms with Crippen LogP contribution in [0.25, 0.3) is 0 Å². The number of benzene rings is 2. The number of sulfonamides is 1. The van der Waals surface area contributed by atoms with Crippen LogP contribution in [0.3, 0.4) is 0 Å². The lowest BCUT2D eigenvalue weighted by Gasteiger charge is -2.32. The van der Waals surface area contributed by atoms with Crippen molar-refractivity contribution in [3.63, 3.8) is 0 Å². The third kappa shape index (κ3) is 3.92. The van der Waals surface area contributed by atoms with E-state index in [1.165, 1.54) is 29.7 Å². The van der Waals surface area contributed by atoms with Gasteiger partial charge in [-0.15, -0.1) is 12.4 Å². The molecule has 2 N–H and O–H groups in total. The van der Waals surface area contributed by atoms with Crippen molar-refractivity contribution in [2.24, 2.45) is 0 Å². The molecule has 0 unspecified atom stereocenters. The molecule has 0 saturated carbocycles. The second kappa shape index (κ2) is 7.64. The Morgan fingerprint density at radius 1 is 1.12 bits per heavy atom. The molecule has 0 aromatic heterocycles. The van der Waals surface area contributed by atoms with Gasteiger partial charge >= 0.3 is 0 Å². The van der Waals surface area contributed by atoms with Crippen LogP contribution in [-0.4, -0.2) is 33.4 Å². The van der Waals surface area contributed by atoms with Crippen molar-refractivity contribution in [1.29, 1.82) is 0 Å². The van der Waals surface area contributed by atoms with Crippen LogP contribution >= 0.6 is 12.4 Å². The summed E-state index contributed by atoms with van der Waals surface area (Å²) in [4.78, 5) is 2.63. The van der Waals surface area contributed by atoms with E-state index < -0.39 is 10.0 Å². The van der Waals surface area contributed by atoms with Gasteiger partial charge in [0.05, 0.1) is 4.90 Å². The second-order valence-corrected chi connectivity index (χ2v) is 8.45. The van der Waals surface area contributed by atoms with E-state index in [9.17, 15) is 8.42 Å². The molecule has 0 radical (unpaired) electrons. The summed E-state index contributed by atoms with van der Waals surface area (Å²) >= 11 is 0. The van der Waals surface area contributed by atoms with Crippen LogP contribution in [0.4, 0.5) is 11.4 Å². The highest BCUT2D eigenvalue weighted by atomic mass is 35.5. The Balaban J connectivity index is 0.00000225. The summed E-state index contributed by atoms with van der Waals surface area (Å²) in [6, 6.07) is 13.2. The molecule has 5 nitrogen and oxygen atoms in total. The van der Waals surface area contributed by atoms with Crippen molar-refractivity contribution in [2.75, 3.05) is 31.3 Å². The van der Waals surface area contributed by atoms with Gasteiger partial charge in [-0.2, -0.15) is 0 Å². The number of nitrogens with zero attached hydrogens (tertiary/aromatic N) is 2. The van der Waals surface area contributed by atoms with Gasteiger partial charge in [0.15, 0.2) is 0 Å². The summed E-state index contributed by atoms with van der Waals surface area (Å²) in [7, 11) is -0.298.